The molecule has 0 bridgehead atoms. The molecule has 1 unspecified atom stereocenters. The molecule has 1 aromatic carbocycles. The van der Waals surface area contributed by atoms with E-state index in [1.165, 1.54) is 0 Å². The van der Waals surface area contributed by atoms with Crippen LogP contribution in [-0.4, -0.2) is 24.4 Å². The quantitative estimate of drug-likeness (QED) is 0.826. The van der Waals surface area contributed by atoms with Gasteiger partial charge < -0.3 is 15.4 Å². The van der Waals surface area contributed by atoms with E-state index in [4.69, 9.17) is 40.2 Å². The third-order valence-corrected chi connectivity index (χ3v) is 3.85. The third kappa shape index (κ3) is 4.49. The summed E-state index contributed by atoms with van der Waals surface area (Å²) >= 11 is 17.3. The van der Waals surface area contributed by atoms with Crippen LogP contribution in [0.1, 0.15) is 19.3 Å². The molecule has 6 heteroatoms. The fraction of sp³-hybridized carbons (Fsp3) is 0.462. The number of benzene rings is 1. The molecule has 1 saturated heterocycles. The molecule has 2 rings (SSSR count). The van der Waals surface area contributed by atoms with Crippen LogP contribution in [0.5, 0.6) is 0 Å². The largest absolute Gasteiger partial charge is 0.378 e. The Kier molecular flexibility index (Phi) is 5.70. The van der Waals surface area contributed by atoms with Gasteiger partial charge in [0.15, 0.2) is 5.11 Å². The molecule has 0 saturated carbocycles. The van der Waals surface area contributed by atoms with Gasteiger partial charge in [-0.1, -0.05) is 29.3 Å². The number of para-hydroxylation sites is 1. The highest BCUT2D eigenvalue weighted by atomic mass is 35.5. The van der Waals surface area contributed by atoms with Crippen molar-refractivity contribution >= 4 is 46.2 Å². The van der Waals surface area contributed by atoms with Gasteiger partial charge in [0.05, 0.1) is 21.8 Å². The van der Waals surface area contributed by atoms with Gasteiger partial charge in [-0.15, -0.1) is 0 Å². The zero-order valence-electron chi connectivity index (χ0n) is 10.4. The number of hydrogen-bond acceptors (Lipinski definition) is 2. The lowest BCUT2D eigenvalue weighted by Gasteiger charge is -2.14. The van der Waals surface area contributed by atoms with E-state index >= 15 is 0 Å². The fourth-order valence-corrected chi connectivity index (χ4v) is 2.69. The Balaban J connectivity index is 1.77. The van der Waals surface area contributed by atoms with Crippen molar-refractivity contribution in [1.29, 1.82) is 0 Å². The second-order valence-corrected chi connectivity index (χ2v) is 5.62. The third-order valence-electron chi connectivity index (χ3n) is 2.98. The number of hydrogen-bond donors (Lipinski definition) is 2. The SMILES string of the molecule is S=C(NCCC1CCCO1)Nc1c(Cl)cccc1Cl. The molecule has 1 aliphatic heterocycles. The van der Waals surface area contributed by atoms with Crippen LogP contribution >= 0.6 is 35.4 Å². The smallest absolute Gasteiger partial charge is 0.170 e. The summed E-state index contributed by atoms with van der Waals surface area (Å²) in [6.45, 7) is 1.65. The van der Waals surface area contributed by atoms with Crippen LogP contribution in [-0.2, 0) is 4.74 Å². The maximum atomic E-state index is 6.06. The Hall–Kier alpha value is -0.550. The van der Waals surface area contributed by atoms with Crippen molar-refractivity contribution in [2.24, 2.45) is 0 Å². The minimum Gasteiger partial charge on any atom is -0.378 e. The Morgan fingerprint density at radius 3 is 2.74 bits per heavy atom. The molecule has 2 N–H and O–H groups in total. The van der Waals surface area contributed by atoms with Crippen LogP contribution in [0.15, 0.2) is 18.2 Å². The molecular weight excluding hydrogens is 303 g/mol. The first kappa shape index (κ1) is 14.9. The Morgan fingerprint density at radius 2 is 2.11 bits per heavy atom. The summed E-state index contributed by atoms with van der Waals surface area (Å²) in [5.41, 5.74) is 0.639. The number of nitrogens with one attached hydrogen (secondary N) is 2. The highest BCUT2D eigenvalue weighted by Crippen LogP contribution is 2.29. The van der Waals surface area contributed by atoms with Crippen molar-refractivity contribution in [2.75, 3.05) is 18.5 Å². The van der Waals surface area contributed by atoms with Crippen LogP contribution in [0.2, 0.25) is 10.0 Å². The highest BCUT2D eigenvalue weighted by Gasteiger charge is 2.15. The van der Waals surface area contributed by atoms with E-state index in [0.29, 0.717) is 26.9 Å². The van der Waals surface area contributed by atoms with E-state index in [1.807, 2.05) is 0 Å². The first-order chi connectivity index (χ1) is 9.16. The van der Waals surface area contributed by atoms with E-state index in [0.717, 1.165) is 32.4 Å². The number of thiocarbonyl (C=S) groups is 1. The summed E-state index contributed by atoms with van der Waals surface area (Å²) in [5.74, 6) is 0. The summed E-state index contributed by atoms with van der Waals surface area (Å²) in [4.78, 5) is 0. The first-order valence-electron chi connectivity index (χ1n) is 6.27. The number of rotatable bonds is 4. The van der Waals surface area contributed by atoms with Crippen molar-refractivity contribution in [1.82, 2.24) is 5.32 Å². The number of ether oxygens (including phenoxy) is 1. The molecule has 19 heavy (non-hydrogen) atoms. The van der Waals surface area contributed by atoms with Crippen LogP contribution in [0.3, 0.4) is 0 Å². The predicted octanol–water partition coefficient (Wildman–Crippen LogP) is 3.85. The molecule has 1 fully saturated rings. The van der Waals surface area contributed by atoms with Crippen molar-refractivity contribution in [3.8, 4) is 0 Å². The van der Waals surface area contributed by atoms with Crippen LogP contribution in [0.25, 0.3) is 0 Å². The minimum atomic E-state index is 0.360. The lowest BCUT2D eigenvalue weighted by Crippen LogP contribution is -2.31. The topological polar surface area (TPSA) is 33.3 Å². The molecule has 0 radical (unpaired) electrons. The predicted molar refractivity (Wildman–Crippen MR) is 84.3 cm³/mol. The lowest BCUT2D eigenvalue weighted by atomic mass is 10.2. The molecule has 1 atom stereocenters. The molecule has 1 aliphatic rings. The molecule has 0 spiro atoms. The van der Waals surface area contributed by atoms with Gasteiger partial charge in [0.1, 0.15) is 0 Å². The van der Waals surface area contributed by atoms with E-state index in [9.17, 15) is 0 Å². The standard InChI is InChI=1S/C13H16Cl2N2OS/c14-10-4-1-5-11(15)12(10)17-13(19)16-7-6-9-3-2-8-18-9/h1,4-5,9H,2-3,6-8H2,(H2,16,17,19). The summed E-state index contributed by atoms with van der Waals surface area (Å²) in [6, 6.07) is 5.33. The average Bonchev–Trinajstić information content (AvgIpc) is 2.87. The van der Waals surface area contributed by atoms with E-state index in [-0.39, 0.29) is 0 Å². The van der Waals surface area contributed by atoms with Crippen molar-refractivity contribution < 1.29 is 4.74 Å². The molecule has 1 aromatic rings. The molecule has 104 valence electrons. The molecule has 0 aliphatic carbocycles. The monoisotopic (exact) mass is 318 g/mol. The molecule has 0 aromatic heterocycles. The zero-order valence-corrected chi connectivity index (χ0v) is 12.7. The molecule has 0 amide bonds. The summed E-state index contributed by atoms with van der Waals surface area (Å²) in [7, 11) is 0. The number of halogens is 2. The van der Waals surface area contributed by atoms with Crippen LogP contribution < -0.4 is 10.6 Å². The summed E-state index contributed by atoms with van der Waals surface area (Å²) in [5, 5.41) is 7.78. The second-order valence-electron chi connectivity index (χ2n) is 4.40. The van der Waals surface area contributed by atoms with Gasteiger partial charge in [0.2, 0.25) is 0 Å². The summed E-state index contributed by atoms with van der Waals surface area (Å²) < 4.78 is 5.55. The van der Waals surface area contributed by atoms with Gasteiger partial charge in [-0.2, -0.15) is 0 Å². The van der Waals surface area contributed by atoms with E-state index in [2.05, 4.69) is 10.6 Å². The Bertz CT molecular complexity index is 430. The number of anilines is 1. The van der Waals surface area contributed by atoms with Gasteiger partial charge in [-0.25, -0.2) is 0 Å². The zero-order chi connectivity index (χ0) is 13.7. The van der Waals surface area contributed by atoms with Crippen molar-refractivity contribution in [3.05, 3.63) is 28.2 Å². The summed E-state index contributed by atoms with van der Waals surface area (Å²) in [6.07, 6.45) is 3.61. The minimum absolute atomic E-state index is 0.360. The normalized spacial score (nSPS) is 18.3. The van der Waals surface area contributed by atoms with Crippen molar-refractivity contribution in [3.63, 3.8) is 0 Å². The van der Waals surface area contributed by atoms with Gasteiger partial charge in [-0.3, -0.25) is 0 Å². The van der Waals surface area contributed by atoms with Gasteiger partial charge in [-0.05, 0) is 43.6 Å². The Labute approximate surface area is 128 Å². The van der Waals surface area contributed by atoms with Crippen molar-refractivity contribution in [2.45, 2.75) is 25.4 Å². The van der Waals surface area contributed by atoms with Gasteiger partial charge >= 0.3 is 0 Å². The molecule has 1 heterocycles. The maximum Gasteiger partial charge on any atom is 0.170 e. The Morgan fingerprint density at radius 1 is 1.37 bits per heavy atom. The maximum absolute atomic E-state index is 6.06. The highest BCUT2D eigenvalue weighted by molar-refractivity contribution is 7.80. The molecule has 3 nitrogen and oxygen atoms in total. The van der Waals surface area contributed by atoms with E-state index in [1.54, 1.807) is 18.2 Å². The molecular formula is C13H16Cl2N2OS. The van der Waals surface area contributed by atoms with Crippen LogP contribution in [0.4, 0.5) is 5.69 Å². The van der Waals surface area contributed by atoms with Gasteiger partial charge in [0, 0.05) is 13.2 Å². The lowest BCUT2D eigenvalue weighted by molar-refractivity contribution is 0.105. The van der Waals surface area contributed by atoms with E-state index < -0.39 is 0 Å². The van der Waals surface area contributed by atoms with Gasteiger partial charge in [0.25, 0.3) is 0 Å². The van der Waals surface area contributed by atoms with Crippen LogP contribution in [0, 0.1) is 0 Å². The average molecular weight is 319 g/mol. The first-order valence-corrected chi connectivity index (χ1v) is 7.43. The fourth-order valence-electron chi connectivity index (χ4n) is 1.99. The second kappa shape index (κ2) is 7.29.